The molecule has 2 rings (SSSR count). The summed E-state index contributed by atoms with van der Waals surface area (Å²) < 4.78 is 26.2. The smallest absolute Gasteiger partial charge is 0.423 e. The topological polar surface area (TPSA) is 77.8 Å². The molecule has 0 aliphatic carbocycles. The molecular formula is C15H18BNO4S. The van der Waals surface area contributed by atoms with E-state index in [9.17, 15) is 8.42 Å². The first-order chi connectivity index (χ1) is 10.4. The third-order valence-electron chi connectivity index (χ3n) is 3.42. The van der Waals surface area contributed by atoms with Crippen LogP contribution >= 0.6 is 0 Å². The molecule has 0 unspecified atom stereocenters. The van der Waals surface area contributed by atoms with Gasteiger partial charge in [0.25, 0.3) is 0 Å². The Hall–Kier alpha value is -1.67. The molecule has 116 valence electrons. The maximum absolute atomic E-state index is 12.5. The van der Waals surface area contributed by atoms with Crippen molar-refractivity contribution < 1.29 is 18.5 Å². The fourth-order valence-corrected chi connectivity index (χ4v) is 3.29. The lowest BCUT2D eigenvalue weighted by Crippen LogP contribution is -2.33. The van der Waals surface area contributed by atoms with Crippen LogP contribution in [0.25, 0.3) is 0 Å². The molecule has 2 aromatic carbocycles. The molecule has 0 saturated heterocycles. The summed E-state index contributed by atoms with van der Waals surface area (Å²) in [6.07, 6.45) is 0.610. The van der Waals surface area contributed by atoms with E-state index in [2.05, 4.69) is 0 Å². The Kier molecular flexibility index (Phi) is 5.36. The Morgan fingerprint density at radius 2 is 1.73 bits per heavy atom. The van der Waals surface area contributed by atoms with Crippen molar-refractivity contribution in [1.29, 1.82) is 0 Å². The molecule has 0 amide bonds. The highest BCUT2D eigenvalue weighted by molar-refractivity contribution is 7.89. The molecule has 0 atom stereocenters. The van der Waals surface area contributed by atoms with Crippen LogP contribution in [0.3, 0.4) is 0 Å². The molecule has 0 aromatic heterocycles. The van der Waals surface area contributed by atoms with Crippen molar-refractivity contribution in [2.45, 2.75) is 11.3 Å². The second-order valence-corrected chi connectivity index (χ2v) is 7.05. The fraction of sp³-hybridized carbons (Fsp3) is 0.200. The van der Waals surface area contributed by atoms with E-state index in [4.69, 9.17) is 10.0 Å². The van der Waals surface area contributed by atoms with Crippen molar-refractivity contribution in [2.75, 3.05) is 13.6 Å². The number of benzene rings is 2. The van der Waals surface area contributed by atoms with Gasteiger partial charge >= 0.3 is 7.12 Å². The van der Waals surface area contributed by atoms with E-state index in [1.54, 1.807) is 0 Å². The number of hydrogen-bond acceptors (Lipinski definition) is 4. The zero-order valence-electron chi connectivity index (χ0n) is 12.3. The predicted molar refractivity (Wildman–Crippen MR) is 86.2 cm³/mol. The van der Waals surface area contributed by atoms with Gasteiger partial charge in [0.15, 0.2) is 0 Å². The van der Waals surface area contributed by atoms with Crippen LogP contribution in [-0.2, 0) is 16.4 Å². The first-order valence-corrected chi connectivity index (χ1v) is 8.31. The summed E-state index contributed by atoms with van der Waals surface area (Å²) in [7, 11) is -3.83. The molecule has 0 aliphatic rings. The van der Waals surface area contributed by atoms with Gasteiger partial charge in [-0.3, -0.25) is 0 Å². The molecule has 5 nitrogen and oxygen atoms in total. The number of sulfonamides is 1. The summed E-state index contributed by atoms with van der Waals surface area (Å²) >= 11 is 0. The lowest BCUT2D eigenvalue weighted by Gasteiger charge is -2.17. The molecule has 2 N–H and O–H groups in total. The average Bonchev–Trinajstić information content (AvgIpc) is 2.53. The molecule has 0 heterocycles. The van der Waals surface area contributed by atoms with Crippen LogP contribution in [0.4, 0.5) is 0 Å². The minimum absolute atomic E-state index is 0.0497. The molecule has 0 saturated carbocycles. The normalized spacial score (nSPS) is 11.6. The Bertz CT molecular complexity index is 719. The second-order valence-electron chi connectivity index (χ2n) is 5.01. The Morgan fingerprint density at radius 3 is 2.36 bits per heavy atom. The summed E-state index contributed by atoms with van der Waals surface area (Å²) in [6.45, 7) is 0.345. The molecule has 0 radical (unpaired) electrons. The summed E-state index contributed by atoms with van der Waals surface area (Å²) in [5.74, 6) is 0. The van der Waals surface area contributed by atoms with E-state index in [0.717, 1.165) is 5.56 Å². The summed E-state index contributed by atoms with van der Waals surface area (Å²) in [6, 6.07) is 15.3. The first-order valence-electron chi connectivity index (χ1n) is 6.87. The van der Waals surface area contributed by atoms with Crippen LogP contribution in [0.1, 0.15) is 5.56 Å². The van der Waals surface area contributed by atoms with Gasteiger partial charge in [-0.15, -0.1) is 0 Å². The largest absolute Gasteiger partial charge is 0.488 e. The Morgan fingerprint density at radius 1 is 1.05 bits per heavy atom. The van der Waals surface area contributed by atoms with E-state index in [1.165, 1.54) is 35.6 Å². The van der Waals surface area contributed by atoms with Crippen LogP contribution in [-0.4, -0.2) is 43.5 Å². The van der Waals surface area contributed by atoms with Crippen LogP contribution in [0.5, 0.6) is 0 Å². The van der Waals surface area contributed by atoms with Crippen molar-refractivity contribution in [1.82, 2.24) is 4.31 Å². The fourth-order valence-electron chi connectivity index (χ4n) is 2.07. The monoisotopic (exact) mass is 319 g/mol. The van der Waals surface area contributed by atoms with Crippen LogP contribution in [0.2, 0.25) is 0 Å². The van der Waals surface area contributed by atoms with Crippen LogP contribution in [0.15, 0.2) is 59.5 Å². The highest BCUT2D eigenvalue weighted by Crippen LogP contribution is 2.13. The van der Waals surface area contributed by atoms with Gasteiger partial charge in [0.05, 0.1) is 4.90 Å². The second kappa shape index (κ2) is 7.06. The van der Waals surface area contributed by atoms with E-state index >= 15 is 0 Å². The van der Waals surface area contributed by atoms with Crippen molar-refractivity contribution in [3.8, 4) is 0 Å². The maximum atomic E-state index is 12.5. The predicted octanol–water partition coefficient (Wildman–Crippen LogP) is 0.230. The molecular weight excluding hydrogens is 301 g/mol. The van der Waals surface area contributed by atoms with Gasteiger partial charge in [0.2, 0.25) is 10.0 Å². The third-order valence-corrected chi connectivity index (χ3v) is 5.28. The van der Waals surface area contributed by atoms with Crippen molar-refractivity contribution in [3.05, 3.63) is 60.2 Å². The standard InChI is InChI=1S/C15H18BNO4S/c1-17(11-10-13-6-3-2-4-7-13)22(20,21)15-9-5-8-14(12-15)16(18)19/h2-9,12,18-19H,10-11H2,1H3. The molecule has 0 bridgehead atoms. The van der Waals surface area contributed by atoms with Crippen molar-refractivity contribution in [2.24, 2.45) is 0 Å². The third kappa shape index (κ3) is 3.95. The lowest BCUT2D eigenvalue weighted by atomic mass is 9.80. The molecule has 0 fully saturated rings. The molecule has 7 heteroatoms. The quantitative estimate of drug-likeness (QED) is 0.747. The van der Waals surface area contributed by atoms with E-state index < -0.39 is 17.1 Å². The highest BCUT2D eigenvalue weighted by atomic mass is 32.2. The summed E-state index contributed by atoms with van der Waals surface area (Å²) in [4.78, 5) is 0.0497. The number of hydrogen-bond donors (Lipinski definition) is 2. The van der Waals surface area contributed by atoms with E-state index in [-0.39, 0.29) is 10.4 Å². The molecule has 2 aromatic rings. The highest BCUT2D eigenvalue weighted by Gasteiger charge is 2.22. The van der Waals surface area contributed by atoms with Crippen molar-refractivity contribution in [3.63, 3.8) is 0 Å². The molecule has 0 spiro atoms. The summed E-state index contributed by atoms with van der Waals surface area (Å²) in [5.41, 5.74) is 1.21. The average molecular weight is 319 g/mol. The van der Waals surface area contributed by atoms with Gasteiger partial charge in [-0.1, -0.05) is 42.5 Å². The van der Waals surface area contributed by atoms with Gasteiger partial charge < -0.3 is 10.0 Å². The van der Waals surface area contributed by atoms with Gasteiger partial charge in [-0.25, -0.2) is 12.7 Å². The van der Waals surface area contributed by atoms with E-state index in [1.807, 2.05) is 30.3 Å². The van der Waals surface area contributed by atoms with Gasteiger partial charge in [-0.2, -0.15) is 0 Å². The van der Waals surface area contributed by atoms with E-state index in [0.29, 0.717) is 13.0 Å². The maximum Gasteiger partial charge on any atom is 0.488 e. The SMILES string of the molecule is CN(CCc1ccccc1)S(=O)(=O)c1cccc(B(O)O)c1. The lowest BCUT2D eigenvalue weighted by molar-refractivity contribution is 0.425. The minimum atomic E-state index is -3.65. The van der Waals surface area contributed by atoms with Crippen LogP contribution in [0, 0.1) is 0 Å². The Labute approximate surface area is 131 Å². The first kappa shape index (κ1) is 16.7. The van der Waals surface area contributed by atoms with Crippen LogP contribution < -0.4 is 5.46 Å². The Balaban J connectivity index is 2.13. The minimum Gasteiger partial charge on any atom is -0.423 e. The van der Waals surface area contributed by atoms with Gasteiger partial charge in [-0.05, 0) is 29.6 Å². The van der Waals surface area contributed by atoms with Gasteiger partial charge in [0.1, 0.15) is 0 Å². The zero-order chi connectivity index (χ0) is 16.2. The van der Waals surface area contributed by atoms with Gasteiger partial charge in [0, 0.05) is 13.6 Å². The summed E-state index contributed by atoms with van der Waals surface area (Å²) in [5, 5.41) is 18.3. The zero-order valence-corrected chi connectivity index (χ0v) is 13.1. The number of rotatable bonds is 6. The molecule has 22 heavy (non-hydrogen) atoms. The number of nitrogens with zero attached hydrogens (tertiary/aromatic N) is 1. The molecule has 0 aliphatic heterocycles. The number of likely N-dealkylation sites (N-methyl/N-ethyl adjacent to an activating group) is 1. The van der Waals surface area contributed by atoms with Crippen molar-refractivity contribution >= 4 is 22.6 Å².